The number of ketones is 1. The van der Waals surface area contributed by atoms with E-state index in [1.165, 1.54) is 0 Å². The molecule has 0 fully saturated rings. The van der Waals surface area contributed by atoms with E-state index in [4.69, 9.17) is 0 Å². The minimum Gasteiger partial charge on any atom is -0.372 e. The largest absolute Gasteiger partial charge is 0.372 e. The zero-order valence-corrected chi connectivity index (χ0v) is 15.4. The number of H-pyrrole nitrogens is 2. The Morgan fingerprint density at radius 2 is 1.93 bits per heavy atom. The highest BCUT2D eigenvalue weighted by atomic mass is 16.1. The summed E-state index contributed by atoms with van der Waals surface area (Å²) in [6.45, 7) is 1.92. The second-order valence-electron chi connectivity index (χ2n) is 6.69. The molecule has 0 radical (unpaired) electrons. The van der Waals surface area contributed by atoms with Gasteiger partial charge in [0.1, 0.15) is 11.6 Å². The number of carbonyl (C=O) groups is 1. The Bertz CT molecular complexity index is 1310. The Morgan fingerprint density at radius 1 is 1.07 bits per heavy atom. The lowest BCUT2D eigenvalue weighted by molar-refractivity contribution is 0.103. The molecule has 138 valence electrons. The van der Waals surface area contributed by atoms with Gasteiger partial charge in [-0.1, -0.05) is 18.2 Å². The quantitative estimate of drug-likeness (QED) is 0.420. The van der Waals surface area contributed by atoms with Crippen LogP contribution in [-0.2, 0) is 0 Å². The maximum absolute atomic E-state index is 13.1. The topological polar surface area (TPSA) is 91.4 Å². The molecule has 0 spiro atoms. The molecule has 28 heavy (non-hydrogen) atoms. The number of fused-ring (bicyclic) bond motifs is 2. The predicted octanol–water partition coefficient (Wildman–Crippen LogP) is 3.81. The van der Waals surface area contributed by atoms with Crippen molar-refractivity contribution in [2.45, 2.75) is 6.92 Å². The highest BCUT2D eigenvalue weighted by molar-refractivity contribution is 6.12. The van der Waals surface area contributed by atoms with Crippen LogP contribution in [0.5, 0.6) is 0 Å². The van der Waals surface area contributed by atoms with E-state index in [0.717, 1.165) is 33.4 Å². The van der Waals surface area contributed by atoms with Gasteiger partial charge in [0.2, 0.25) is 5.78 Å². The molecule has 3 aromatic heterocycles. The van der Waals surface area contributed by atoms with Crippen LogP contribution in [0.3, 0.4) is 0 Å². The standard InChI is InChI=1S/C21H18N6O/c1-12-24-17-8-7-14(10-18(17)25-12)27-21(22-2)15(11-23-27)20(28)19-9-13-5-3-4-6-16(13)26-19/h3-11,22,26H,1-2H3,(H,24,25). The third-order valence-corrected chi connectivity index (χ3v) is 4.85. The summed E-state index contributed by atoms with van der Waals surface area (Å²) in [6, 6.07) is 15.5. The molecule has 0 atom stereocenters. The maximum atomic E-state index is 13.1. The van der Waals surface area contributed by atoms with Gasteiger partial charge in [0.25, 0.3) is 0 Å². The van der Waals surface area contributed by atoms with Gasteiger partial charge in [-0.25, -0.2) is 9.67 Å². The van der Waals surface area contributed by atoms with E-state index in [2.05, 4.69) is 25.4 Å². The van der Waals surface area contributed by atoms with Gasteiger partial charge < -0.3 is 15.3 Å². The molecule has 0 amide bonds. The fourth-order valence-corrected chi connectivity index (χ4v) is 3.55. The lowest BCUT2D eigenvalue weighted by Gasteiger charge is -2.08. The van der Waals surface area contributed by atoms with Gasteiger partial charge in [0.05, 0.1) is 34.2 Å². The smallest absolute Gasteiger partial charge is 0.214 e. The number of para-hydroxylation sites is 1. The molecular formula is C21H18N6O. The molecular weight excluding hydrogens is 352 g/mol. The van der Waals surface area contributed by atoms with E-state index in [-0.39, 0.29) is 5.78 Å². The lowest BCUT2D eigenvalue weighted by Crippen LogP contribution is -2.08. The first-order valence-corrected chi connectivity index (χ1v) is 8.99. The first kappa shape index (κ1) is 16.3. The first-order chi connectivity index (χ1) is 13.6. The summed E-state index contributed by atoms with van der Waals surface area (Å²) in [6.07, 6.45) is 1.60. The lowest BCUT2D eigenvalue weighted by atomic mass is 10.1. The number of aromatic amines is 2. The Hall–Kier alpha value is -3.87. The molecule has 0 aliphatic heterocycles. The van der Waals surface area contributed by atoms with Gasteiger partial charge in [0, 0.05) is 18.0 Å². The summed E-state index contributed by atoms with van der Waals surface area (Å²) in [5.41, 5.74) is 4.65. The highest BCUT2D eigenvalue weighted by Gasteiger charge is 2.21. The summed E-state index contributed by atoms with van der Waals surface area (Å²) < 4.78 is 1.73. The van der Waals surface area contributed by atoms with Crippen LogP contribution in [0.25, 0.3) is 27.6 Å². The van der Waals surface area contributed by atoms with Crippen molar-refractivity contribution < 1.29 is 4.79 Å². The van der Waals surface area contributed by atoms with Crippen molar-refractivity contribution >= 4 is 33.5 Å². The highest BCUT2D eigenvalue weighted by Crippen LogP contribution is 2.25. The predicted molar refractivity (Wildman–Crippen MR) is 109 cm³/mol. The monoisotopic (exact) mass is 370 g/mol. The number of benzene rings is 2. The van der Waals surface area contributed by atoms with Gasteiger partial charge >= 0.3 is 0 Å². The van der Waals surface area contributed by atoms with Crippen molar-refractivity contribution in [2.75, 3.05) is 12.4 Å². The van der Waals surface area contributed by atoms with Gasteiger partial charge in [-0.15, -0.1) is 0 Å². The number of rotatable bonds is 4. The number of imidazole rings is 1. The number of aromatic nitrogens is 5. The van der Waals surface area contributed by atoms with Crippen LogP contribution in [0.4, 0.5) is 5.82 Å². The average molecular weight is 370 g/mol. The Balaban J connectivity index is 1.59. The number of aryl methyl sites for hydroxylation is 1. The molecule has 0 saturated carbocycles. The molecule has 5 rings (SSSR count). The first-order valence-electron chi connectivity index (χ1n) is 8.99. The third kappa shape index (κ3) is 2.48. The van der Waals surface area contributed by atoms with Crippen LogP contribution in [0.15, 0.2) is 54.7 Å². The molecule has 0 aliphatic rings. The average Bonchev–Trinajstić information content (AvgIpc) is 3.41. The molecule has 3 heterocycles. The Labute approximate surface area is 160 Å². The number of nitrogens with zero attached hydrogens (tertiary/aromatic N) is 3. The third-order valence-electron chi connectivity index (χ3n) is 4.85. The second kappa shape index (κ2) is 6.09. The molecule has 5 aromatic rings. The number of hydrogen-bond donors (Lipinski definition) is 3. The van der Waals surface area contributed by atoms with Crippen LogP contribution in [0.1, 0.15) is 21.9 Å². The fraction of sp³-hybridized carbons (Fsp3) is 0.0952. The molecule has 7 heteroatoms. The minimum atomic E-state index is -0.106. The van der Waals surface area contributed by atoms with Crippen LogP contribution in [0, 0.1) is 6.92 Å². The number of hydrogen-bond acceptors (Lipinski definition) is 4. The van der Waals surface area contributed by atoms with Crippen molar-refractivity contribution in [2.24, 2.45) is 0 Å². The molecule has 0 saturated heterocycles. The summed E-state index contributed by atoms with van der Waals surface area (Å²) in [7, 11) is 1.79. The van der Waals surface area contributed by atoms with Crippen LogP contribution in [-0.4, -0.2) is 37.6 Å². The summed E-state index contributed by atoms with van der Waals surface area (Å²) in [5.74, 6) is 1.39. The van der Waals surface area contributed by atoms with E-state index in [1.54, 1.807) is 17.9 Å². The molecule has 0 aliphatic carbocycles. The minimum absolute atomic E-state index is 0.106. The molecule has 2 aromatic carbocycles. The molecule has 7 nitrogen and oxygen atoms in total. The van der Waals surface area contributed by atoms with Crippen LogP contribution >= 0.6 is 0 Å². The SMILES string of the molecule is CNc1c(C(=O)c2cc3ccccc3[nH]2)cnn1-c1ccc2nc(C)[nH]c2c1. The van der Waals surface area contributed by atoms with Gasteiger partial charge in [-0.2, -0.15) is 5.10 Å². The Morgan fingerprint density at radius 3 is 2.75 bits per heavy atom. The van der Waals surface area contributed by atoms with E-state index in [9.17, 15) is 4.79 Å². The van der Waals surface area contributed by atoms with Crippen LogP contribution in [0.2, 0.25) is 0 Å². The zero-order chi connectivity index (χ0) is 19.3. The van der Waals surface area contributed by atoms with Crippen molar-refractivity contribution in [3.05, 3.63) is 71.8 Å². The van der Waals surface area contributed by atoms with E-state index < -0.39 is 0 Å². The van der Waals surface area contributed by atoms with Crippen molar-refractivity contribution in [3.63, 3.8) is 0 Å². The van der Waals surface area contributed by atoms with Gasteiger partial charge in [-0.3, -0.25) is 4.79 Å². The molecule has 3 N–H and O–H groups in total. The zero-order valence-electron chi connectivity index (χ0n) is 15.4. The summed E-state index contributed by atoms with van der Waals surface area (Å²) in [4.78, 5) is 24.0. The van der Waals surface area contributed by atoms with Crippen LogP contribution < -0.4 is 5.32 Å². The number of carbonyl (C=O) groups excluding carboxylic acids is 1. The van der Waals surface area contributed by atoms with Gasteiger partial charge in [0.15, 0.2) is 0 Å². The van der Waals surface area contributed by atoms with Crippen molar-refractivity contribution in [1.29, 1.82) is 0 Å². The molecule has 0 unspecified atom stereocenters. The van der Waals surface area contributed by atoms with E-state index in [1.807, 2.05) is 55.5 Å². The van der Waals surface area contributed by atoms with Gasteiger partial charge in [-0.05, 0) is 37.3 Å². The van der Waals surface area contributed by atoms with Crippen molar-refractivity contribution in [1.82, 2.24) is 24.7 Å². The number of anilines is 1. The van der Waals surface area contributed by atoms with E-state index in [0.29, 0.717) is 17.1 Å². The fourth-order valence-electron chi connectivity index (χ4n) is 3.55. The Kier molecular flexibility index (Phi) is 3.55. The summed E-state index contributed by atoms with van der Waals surface area (Å²) >= 11 is 0. The number of nitrogens with one attached hydrogen (secondary N) is 3. The summed E-state index contributed by atoms with van der Waals surface area (Å²) in [5, 5.41) is 8.58. The second-order valence-corrected chi connectivity index (χ2v) is 6.69. The van der Waals surface area contributed by atoms with E-state index >= 15 is 0 Å². The maximum Gasteiger partial charge on any atom is 0.214 e. The van der Waals surface area contributed by atoms with Crippen molar-refractivity contribution in [3.8, 4) is 5.69 Å². The molecule has 0 bridgehead atoms. The normalized spacial score (nSPS) is 11.4.